The molecule has 0 aliphatic heterocycles. The summed E-state index contributed by atoms with van der Waals surface area (Å²) in [6.45, 7) is 5.39. The van der Waals surface area contributed by atoms with Crippen LogP contribution in [0.25, 0.3) is 16.5 Å². The van der Waals surface area contributed by atoms with Crippen LogP contribution in [0.2, 0.25) is 0 Å². The number of para-hydroxylation sites is 2. The number of sulfonamides is 1. The number of benzene rings is 2. The maximum atomic E-state index is 13.3. The predicted octanol–water partition coefficient (Wildman–Crippen LogP) is 5.50. The highest BCUT2D eigenvalue weighted by atomic mass is 32.2. The molecule has 2 amide bonds. The fourth-order valence-corrected chi connectivity index (χ4v) is 6.87. The van der Waals surface area contributed by atoms with Crippen LogP contribution in [0.1, 0.15) is 31.9 Å². The minimum Gasteiger partial charge on any atom is -0.444 e. The molecular formula is C30H32N4O7S3. The van der Waals surface area contributed by atoms with Gasteiger partial charge in [-0.15, -0.1) is 11.3 Å². The number of rotatable bonds is 10. The van der Waals surface area contributed by atoms with Crippen molar-refractivity contribution in [2.45, 2.75) is 37.1 Å². The van der Waals surface area contributed by atoms with Crippen molar-refractivity contribution in [3.8, 4) is 10.4 Å². The molecule has 14 heteroatoms. The quantitative estimate of drug-likeness (QED) is 0.191. The average Bonchev–Trinajstić information content (AvgIpc) is 3.62. The van der Waals surface area contributed by atoms with Crippen molar-refractivity contribution in [1.82, 2.24) is 8.69 Å². The Kier molecular flexibility index (Phi) is 9.78. The second-order valence-corrected chi connectivity index (χ2v) is 15.7. The number of hydrogen-bond donors (Lipinski definition) is 3. The van der Waals surface area contributed by atoms with E-state index in [0.29, 0.717) is 16.9 Å². The van der Waals surface area contributed by atoms with Gasteiger partial charge in [0.25, 0.3) is 10.0 Å². The van der Waals surface area contributed by atoms with Crippen LogP contribution in [0.4, 0.5) is 16.2 Å². The van der Waals surface area contributed by atoms with Crippen LogP contribution in [0.15, 0.2) is 89.4 Å². The van der Waals surface area contributed by atoms with Crippen LogP contribution in [0.5, 0.6) is 0 Å². The average molecular weight is 657 g/mol. The van der Waals surface area contributed by atoms with E-state index in [1.54, 1.807) is 81.4 Å². The molecule has 44 heavy (non-hydrogen) atoms. The molecule has 0 saturated carbocycles. The first-order valence-electron chi connectivity index (χ1n) is 13.2. The normalized spacial score (nSPS) is 12.3. The van der Waals surface area contributed by atoms with Gasteiger partial charge in [-0.25, -0.2) is 21.9 Å². The van der Waals surface area contributed by atoms with Crippen molar-refractivity contribution < 1.29 is 31.2 Å². The summed E-state index contributed by atoms with van der Waals surface area (Å²) >= 11 is 1.11. The van der Waals surface area contributed by atoms with E-state index < -0.39 is 37.6 Å². The SMILES string of the molecule is CC(C)(C)OC(=O)Nc1ccccc1NC(=O)C=Cc1ccn(S(=O)(=O)c2ccc(-c3ccc(CNS(C)(=O)=O)cc3)s2)c1. The Balaban J connectivity index is 1.40. The number of carbonyl (C=O) groups excluding carboxylic acids is 2. The van der Waals surface area contributed by atoms with E-state index in [2.05, 4.69) is 15.4 Å². The van der Waals surface area contributed by atoms with Gasteiger partial charge in [0.2, 0.25) is 15.9 Å². The Hall–Kier alpha value is -4.24. The summed E-state index contributed by atoms with van der Waals surface area (Å²) in [5.74, 6) is -0.486. The summed E-state index contributed by atoms with van der Waals surface area (Å²) in [4.78, 5) is 25.5. The third-order valence-corrected chi connectivity index (χ3v) is 9.73. The molecule has 0 fully saturated rings. The first kappa shape index (κ1) is 32.7. The zero-order valence-corrected chi connectivity index (χ0v) is 26.8. The number of aromatic nitrogens is 1. The second kappa shape index (κ2) is 13.2. The number of thiophene rings is 1. The van der Waals surface area contributed by atoms with Gasteiger partial charge in [-0.05, 0) is 73.9 Å². The topological polar surface area (TPSA) is 153 Å². The smallest absolute Gasteiger partial charge is 0.412 e. The third-order valence-electron chi connectivity index (χ3n) is 5.83. The molecule has 2 heterocycles. The summed E-state index contributed by atoms with van der Waals surface area (Å²) < 4.78 is 58.1. The van der Waals surface area contributed by atoms with Gasteiger partial charge in [0.1, 0.15) is 9.81 Å². The summed E-state index contributed by atoms with van der Waals surface area (Å²) in [5, 5.41) is 5.31. The van der Waals surface area contributed by atoms with Gasteiger partial charge in [0.15, 0.2) is 0 Å². The summed E-state index contributed by atoms with van der Waals surface area (Å²) in [5.41, 5.74) is 2.09. The fourth-order valence-electron chi connectivity index (χ4n) is 3.82. The third kappa shape index (κ3) is 9.13. The van der Waals surface area contributed by atoms with Crippen LogP contribution in [-0.2, 0) is 36.1 Å². The minimum absolute atomic E-state index is 0.133. The van der Waals surface area contributed by atoms with E-state index >= 15 is 0 Å². The van der Waals surface area contributed by atoms with Gasteiger partial charge in [-0.3, -0.25) is 10.1 Å². The molecule has 0 spiro atoms. The Bertz CT molecular complexity index is 1900. The lowest BCUT2D eigenvalue weighted by molar-refractivity contribution is -0.111. The van der Waals surface area contributed by atoms with Crippen LogP contribution in [-0.4, -0.2) is 44.7 Å². The zero-order chi connectivity index (χ0) is 32.1. The molecule has 232 valence electrons. The highest BCUT2D eigenvalue weighted by Gasteiger charge is 2.20. The van der Waals surface area contributed by atoms with Gasteiger partial charge < -0.3 is 10.1 Å². The summed E-state index contributed by atoms with van der Waals surface area (Å²) in [6.07, 6.45) is 5.97. The van der Waals surface area contributed by atoms with Crippen LogP contribution in [0, 0.1) is 0 Å². The number of carbonyl (C=O) groups is 2. The Morgan fingerprint density at radius 3 is 2.20 bits per heavy atom. The van der Waals surface area contributed by atoms with Gasteiger partial charge in [-0.2, -0.15) is 8.42 Å². The van der Waals surface area contributed by atoms with E-state index in [0.717, 1.165) is 37.6 Å². The lowest BCUT2D eigenvalue weighted by atomic mass is 10.1. The molecular weight excluding hydrogens is 625 g/mol. The van der Waals surface area contributed by atoms with Gasteiger partial charge in [0, 0.05) is 29.9 Å². The number of nitrogens with one attached hydrogen (secondary N) is 3. The number of nitrogens with zero attached hydrogens (tertiary/aromatic N) is 1. The standard InChI is InChI=1S/C30H32N4O7S3/c1-30(2,3)41-29(36)33-25-8-6-5-7-24(25)32-27(35)15-11-22-17-18-34(20-22)44(39,40)28-16-14-26(42-28)23-12-9-21(10-13-23)19-31-43(4,37)38/h5-18,20,31H,19H2,1-4H3,(H,32,35)(H,33,36). The molecule has 0 saturated heterocycles. The first-order chi connectivity index (χ1) is 20.6. The monoisotopic (exact) mass is 656 g/mol. The molecule has 2 aromatic heterocycles. The first-order valence-corrected chi connectivity index (χ1v) is 17.4. The molecule has 2 aromatic carbocycles. The van der Waals surface area contributed by atoms with Crippen LogP contribution in [0.3, 0.4) is 0 Å². The minimum atomic E-state index is -3.88. The Morgan fingerprint density at radius 2 is 1.57 bits per heavy atom. The van der Waals surface area contributed by atoms with Crippen LogP contribution < -0.4 is 15.4 Å². The van der Waals surface area contributed by atoms with E-state index in [9.17, 15) is 26.4 Å². The molecule has 3 N–H and O–H groups in total. The maximum Gasteiger partial charge on any atom is 0.412 e. The molecule has 0 bridgehead atoms. The molecule has 4 rings (SSSR count). The number of ether oxygens (including phenoxy) is 1. The van der Waals surface area contributed by atoms with Crippen LogP contribution >= 0.6 is 11.3 Å². The van der Waals surface area contributed by atoms with Crippen molar-refractivity contribution in [3.63, 3.8) is 0 Å². The highest BCUT2D eigenvalue weighted by Crippen LogP contribution is 2.32. The number of hydrogen-bond acceptors (Lipinski definition) is 8. The van der Waals surface area contributed by atoms with Gasteiger partial charge >= 0.3 is 6.09 Å². The van der Waals surface area contributed by atoms with Crippen molar-refractivity contribution in [2.24, 2.45) is 0 Å². The summed E-state index contributed by atoms with van der Waals surface area (Å²) in [7, 11) is -7.19. The molecule has 0 aliphatic carbocycles. The second-order valence-electron chi connectivity index (χ2n) is 10.7. The summed E-state index contributed by atoms with van der Waals surface area (Å²) in [6, 6.07) is 18.6. The number of amides is 2. The maximum absolute atomic E-state index is 13.3. The van der Waals surface area contributed by atoms with Crippen molar-refractivity contribution in [2.75, 3.05) is 16.9 Å². The molecule has 0 atom stereocenters. The molecule has 4 aromatic rings. The highest BCUT2D eigenvalue weighted by molar-refractivity contribution is 7.92. The molecule has 0 radical (unpaired) electrons. The van der Waals surface area contributed by atoms with E-state index in [4.69, 9.17) is 4.74 Å². The molecule has 11 nitrogen and oxygen atoms in total. The zero-order valence-electron chi connectivity index (χ0n) is 24.4. The Labute approximate surface area is 260 Å². The van der Waals surface area contributed by atoms with E-state index in [1.165, 1.54) is 30.6 Å². The van der Waals surface area contributed by atoms with E-state index in [-0.39, 0.29) is 10.8 Å². The molecule has 0 aliphatic rings. The lowest BCUT2D eigenvalue weighted by Gasteiger charge is -2.20. The van der Waals surface area contributed by atoms with Gasteiger partial charge in [0.05, 0.1) is 17.6 Å². The number of anilines is 2. The largest absolute Gasteiger partial charge is 0.444 e. The van der Waals surface area contributed by atoms with Gasteiger partial charge in [-0.1, -0.05) is 36.4 Å². The Morgan fingerprint density at radius 1 is 0.909 bits per heavy atom. The fraction of sp³-hybridized carbons (Fsp3) is 0.200. The van der Waals surface area contributed by atoms with Crippen molar-refractivity contribution in [3.05, 3.63) is 96.3 Å². The lowest BCUT2D eigenvalue weighted by Crippen LogP contribution is -2.27. The van der Waals surface area contributed by atoms with Crippen molar-refractivity contribution >= 4 is 60.8 Å². The molecule has 0 unspecified atom stereocenters. The van der Waals surface area contributed by atoms with Crippen molar-refractivity contribution in [1.29, 1.82) is 0 Å². The predicted molar refractivity (Wildman–Crippen MR) is 172 cm³/mol. The van der Waals surface area contributed by atoms with E-state index in [1.807, 2.05) is 0 Å².